The standard InChI is InChI=1S/C11H17ClN2S/c1-11(2)4-3-6-14(7-5-11)10-13-9(12)8-15-10/h8H,3-7H2,1-2H3. The summed E-state index contributed by atoms with van der Waals surface area (Å²) in [4.78, 5) is 6.70. The molecule has 0 unspecified atom stereocenters. The van der Waals surface area contributed by atoms with Crippen LogP contribution in [0, 0.1) is 5.41 Å². The van der Waals surface area contributed by atoms with E-state index in [0.29, 0.717) is 10.6 Å². The fourth-order valence-electron chi connectivity index (χ4n) is 2.00. The van der Waals surface area contributed by atoms with Gasteiger partial charge in [-0.05, 0) is 24.7 Å². The third kappa shape index (κ3) is 2.85. The molecule has 1 aromatic rings. The minimum atomic E-state index is 0.482. The molecular formula is C11H17ClN2S. The lowest BCUT2D eigenvalue weighted by Crippen LogP contribution is -2.24. The van der Waals surface area contributed by atoms with Gasteiger partial charge in [-0.2, -0.15) is 0 Å². The first-order valence-electron chi connectivity index (χ1n) is 5.43. The minimum Gasteiger partial charge on any atom is -0.348 e. The molecule has 0 N–H and O–H groups in total. The fourth-order valence-corrected chi connectivity index (χ4v) is 3.01. The van der Waals surface area contributed by atoms with Gasteiger partial charge in [0, 0.05) is 18.5 Å². The van der Waals surface area contributed by atoms with E-state index in [1.165, 1.54) is 19.3 Å². The van der Waals surface area contributed by atoms with Crippen molar-refractivity contribution in [3.8, 4) is 0 Å². The highest BCUT2D eigenvalue weighted by Gasteiger charge is 2.24. The molecule has 0 spiro atoms. The second kappa shape index (κ2) is 4.30. The molecule has 1 aliphatic rings. The summed E-state index contributed by atoms with van der Waals surface area (Å²) in [7, 11) is 0. The first-order chi connectivity index (χ1) is 7.07. The monoisotopic (exact) mass is 244 g/mol. The van der Waals surface area contributed by atoms with Crippen LogP contribution >= 0.6 is 22.9 Å². The molecule has 84 valence electrons. The van der Waals surface area contributed by atoms with Crippen LogP contribution in [0.2, 0.25) is 5.15 Å². The average Bonchev–Trinajstić information content (AvgIpc) is 2.49. The number of nitrogens with zero attached hydrogens (tertiary/aromatic N) is 2. The quantitative estimate of drug-likeness (QED) is 0.747. The Kier molecular flexibility index (Phi) is 3.21. The Morgan fingerprint density at radius 3 is 2.87 bits per heavy atom. The lowest BCUT2D eigenvalue weighted by Gasteiger charge is -2.22. The Morgan fingerprint density at radius 2 is 2.20 bits per heavy atom. The highest BCUT2D eigenvalue weighted by atomic mass is 35.5. The topological polar surface area (TPSA) is 16.1 Å². The number of rotatable bonds is 1. The van der Waals surface area contributed by atoms with Crippen molar-refractivity contribution >= 4 is 28.1 Å². The van der Waals surface area contributed by atoms with Crippen molar-refractivity contribution in [2.75, 3.05) is 18.0 Å². The van der Waals surface area contributed by atoms with Crippen molar-refractivity contribution < 1.29 is 0 Å². The first-order valence-corrected chi connectivity index (χ1v) is 6.69. The van der Waals surface area contributed by atoms with E-state index >= 15 is 0 Å². The van der Waals surface area contributed by atoms with Crippen LogP contribution in [0.15, 0.2) is 5.38 Å². The van der Waals surface area contributed by atoms with Crippen LogP contribution in [-0.4, -0.2) is 18.1 Å². The molecular weight excluding hydrogens is 228 g/mol. The van der Waals surface area contributed by atoms with Gasteiger partial charge in [-0.3, -0.25) is 0 Å². The third-order valence-corrected chi connectivity index (χ3v) is 4.30. The number of hydrogen-bond acceptors (Lipinski definition) is 3. The molecule has 0 atom stereocenters. The van der Waals surface area contributed by atoms with Crippen molar-refractivity contribution in [1.29, 1.82) is 0 Å². The molecule has 0 aliphatic carbocycles. The van der Waals surface area contributed by atoms with E-state index in [0.717, 1.165) is 18.2 Å². The van der Waals surface area contributed by atoms with Crippen LogP contribution in [0.5, 0.6) is 0 Å². The Labute approximate surface area is 100 Å². The molecule has 1 aromatic heterocycles. The summed E-state index contributed by atoms with van der Waals surface area (Å²) in [5.41, 5.74) is 0.482. The van der Waals surface area contributed by atoms with Crippen molar-refractivity contribution in [3.63, 3.8) is 0 Å². The second-order valence-corrected chi connectivity index (χ2v) is 6.18. The van der Waals surface area contributed by atoms with Crippen molar-refractivity contribution in [2.45, 2.75) is 33.1 Å². The molecule has 0 bridgehead atoms. The highest BCUT2D eigenvalue weighted by molar-refractivity contribution is 7.14. The third-order valence-electron chi connectivity index (χ3n) is 3.07. The molecule has 15 heavy (non-hydrogen) atoms. The van der Waals surface area contributed by atoms with E-state index < -0.39 is 0 Å². The van der Waals surface area contributed by atoms with Gasteiger partial charge in [-0.1, -0.05) is 25.4 Å². The summed E-state index contributed by atoms with van der Waals surface area (Å²) in [6.45, 7) is 6.93. The average molecular weight is 245 g/mol. The fraction of sp³-hybridized carbons (Fsp3) is 0.727. The maximum Gasteiger partial charge on any atom is 0.186 e. The number of halogens is 1. The molecule has 1 saturated heterocycles. The molecule has 2 heterocycles. The largest absolute Gasteiger partial charge is 0.348 e. The summed E-state index contributed by atoms with van der Waals surface area (Å²) >= 11 is 7.50. The molecule has 1 aliphatic heterocycles. The van der Waals surface area contributed by atoms with Crippen molar-refractivity contribution in [1.82, 2.24) is 4.98 Å². The van der Waals surface area contributed by atoms with Gasteiger partial charge in [0.05, 0.1) is 0 Å². The zero-order valence-electron chi connectivity index (χ0n) is 9.29. The van der Waals surface area contributed by atoms with Gasteiger partial charge < -0.3 is 4.90 Å². The summed E-state index contributed by atoms with van der Waals surface area (Å²) in [6, 6.07) is 0. The van der Waals surface area contributed by atoms with Gasteiger partial charge in [0.25, 0.3) is 0 Å². The van der Waals surface area contributed by atoms with Crippen molar-refractivity contribution in [2.24, 2.45) is 5.41 Å². The predicted octanol–water partition coefficient (Wildman–Crippen LogP) is 3.81. The maximum atomic E-state index is 5.85. The van der Waals surface area contributed by atoms with Crippen LogP contribution in [0.4, 0.5) is 5.13 Å². The van der Waals surface area contributed by atoms with Gasteiger partial charge in [0.2, 0.25) is 0 Å². The number of aromatic nitrogens is 1. The van der Waals surface area contributed by atoms with Crippen LogP contribution in [0.3, 0.4) is 0 Å². The maximum absolute atomic E-state index is 5.85. The van der Waals surface area contributed by atoms with Crippen LogP contribution in [0.1, 0.15) is 33.1 Å². The molecule has 2 nitrogen and oxygen atoms in total. The lowest BCUT2D eigenvalue weighted by atomic mass is 9.85. The Morgan fingerprint density at radius 1 is 1.40 bits per heavy atom. The molecule has 4 heteroatoms. The molecule has 0 amide bonds. The van der Waals surface area contributed by atoms with E-state index in [4.69, 9.17) is 11.6 Å². The summed E-state index contributed by atoms with van der Waals surface area (Å²) in [5.74, 6) is 0. The van der Waals surface area contributed by atoms with Gasteiger partial charge in [-0.25, -0.2) is 4.98 Å². The Balaban J connectivity index is 2.05. The van der Waals surface area contributed by atoms with E-state index in [2.05, 4.69) is 23.7 Å². The SMILES string of the molecule is CC1(C)CCCN(c2nc(Cl)cs2)CC1. The van der Waals surface area contributed by atoms with Gasteiger partial charge in [0.15, 0.2) is 5.13 Å². The Bertz CT molecular complexity index is 335. The lowest BCUT2D eigenvalue weighted by molar-refractivity contribution is 0.325. The van der Waals surface area contributed by atoms with Crippen LogP contribution in [-0.2, 0) is 0 Å². The predicted molar refractivity (Wildman–Crippen MR) is 67.0 cm³/mol. The van der Waals surface area contributed by atoms with E-state index in [1.54, 1.807) is 11.3 Å². The number of anilines is 1. The van der Waals surface area contributed by atoms with Crippen LogP contribution < -0.4 is 4.90 Å². The van der Waals surface area contributed by atoms with E-state index in [-0.39, 0.29) is 0 Å². The Hall–Kier alpha value is -0.280. The second-order valence-electron chi connectivity index (χ2n) is 4.96. The molecule has 2 rings (SSSR count). The van der Waals surface area contributed by atoms with Crippen molar-refractivity contribution in [3.05, 3.63) is 10.5 Å². The highest BCUT2D eigenvalue weighted by Crippen LogP contribution is 2.33. The molecule has 1 fully saturated rings. The van der Waals surface area contributed by atoms with Crippen LogP contribution in [0.25, 0.3) is 0 Å². The minimum absolute atomic E-state index is 0.482. The van der Waals surface area contributed by atoms with Gasteiger partial charge >= 0.3 is 0 Å². The summed E-state index contributed by atoms with van der Waals surface area (Å²) in [6.07, 6.45) is 3.80. The van der Waals surface area contributed by atoms with Gasteiger partial charge in [-0.15, -0.1) is 11.3 Å². The van der Waals surface area contributed by atoms with Gasteiger partial charge in [0.1, 0.15) is 5.15 Å². The zero-order chi connectivity index (χ0) is 10.9. The smallest absolute Gasteiger partial charge is 0.186 e. The zero-order valence-corrected chi connectivity index (χ0v) is 10.9. The summed E-state index contributed by atoms with van der Waals surface area (Å²) in [5, 5.41) is 3.61. The number of thiazole rings is 1. The molecule has 0 radical (unpaired) electrons. The number of hydrogen-bond donors (Lipinski definition) is 0. The van der Waals surface area contributed by atoms with E-state index in [1.807, 2.05) is 5.38 Å². The first kappa shape index (κ1) is 11.2. The molecule has 0 saturated carbocycles. The van der Waals surface area contributed by atoms with E-state index in [9.17, 15) is 0 Å². The summed E-state index contributed by atoms with van der Waals surface area (Å²) < 4.78 is 0. The normalized spacial score (nSPS) is 21.4. The molecule has 0 aromatic carbocycles.